The van der Waals surface area contributed by atoms with E-state index in [1.807, 2.05) is 76.2 Å². The highest BCUT2D eigenvalue weighted by Crippen LogP contribution is 2.25. The number of carbonyl (C=O) groups excluding carboxylic acids is 3. The zero-order valence-corrected chi connectivity index (χ0v) is 22.2. The Kier molecular flexibility index (Phi) is 9.68. The van der Waals surface area contributed by atoms with Gasteiger partial charge in [0.05, 0.1) is 0 Å². The van der Waals surface area contributed by atoms with Crippen molar-refractivity contribution in [3.05, 3.63) is 70.8 Å². The Balaban J connectivity index is 2.51. The Hall–Kier alpha value is -3.79. The summed E-state index contributed by atoms with van der Waals surface area (Å²) in [6, 6.07) is 15.0. The number of hydrogen-bond donors (Lipinski definition) is 2. The van der Waals surface area contributed by atoms with Gasteiger partial charge in [0.25, 0.3) is 5.91 Å². The van der Waals surface area contributed by atoms with Crippen LogP contribution in [-0.4, -0.2) is 40.5 Å². The van der Waals surface area contributed by atoms with Crippen LogP contribution < -0.4 is 10.6 Å². The third-order valence-electron chi connectivity index (χ3n) is 5.15. The van der Waals surface area contributed by atoms with E-state index in [0.717, 1.165) is 21.6 Å². The Morgan fingerprint density at radius 3 is 2.08 bits per heavy atom. The van der Waals surface area contributed by atoms with Crippen molar-refractivity contribution in [2.45, 2.75) is 78.6 Å². The molecule has 2 rings (SSSR count). The van der Waals surface area contributed by atoms with Gasteiger partial charge in [0, 0.05) is 18.5 Å². The molecule has 36 heavy (non-hydrogen) atoms. The molecule has 2 aromatic carbocycles. The predicted octanol–water partition coefficient (Wildman–Crippen LogP) is 4.42. The number of terminal acetylenes is 1. The lowest BCUT2D eigenvalue weighted by Gasteiger charge is -2.31. The van der Waals surface area contributed by atoms with Crippen molar-refractivity contribution in [3.8, 4) is 12.5 Å². The highest BCUT2D eigenvalue weighted by atomic mass is 16.6. The summed E-state index contributed by atoms with van der Waals surface area (Å²) in [6.07, 6.45) is 5.27. The van der Waals surface area contributed by atoms with Crippen molar-refractivity contribution in [1.82, 2.24) is 15.5 Å². The van der Waals surface area contributed by atoms with Gasteiger partial charge in [-0.15, -0.1) is 0 Å². The van der Waals surface area contributed by atoms with Gasteiger partial charge in [-0.2, -0.15) is 0 Å². The minimum absolute atomic E-state index is 0.166. The lowest BCUT2D eigenvalue weighted by atomic mass is 9.97. The average molecular weight is 492 g/mol. The van der Waals surface area contributed by atoms with Crippen LogP contribution in [0.15, 0.2) is 48.5 Å². The van der Waals surface area contributed by atoms with Crippen LogP contribution in [0.25, 0.3) is 0 Å². The number of aryl methyl sites for hydroxylation is 2. The van der Waals surface area contributed by atoms with Crippen molar-refractivity contribution >= 4 is 17.9 Å². The van der Waals surface area contributed by atoms with Gasteiger partial charge in [-0.1, -0.05) is 66.1 Å². The molecule has 0 aliphatic heterocycles. The van der Waals surface area contributed by atoms with Gasteiger partial charge in [-0.3, -0.25) is 14.5 Å². The van der Waals surface area contributed by atoms with E-state index < -0.39 is 35.6 Å². The third kappa shape index (κ3) is 8.46. The second kappa shape index (κ2) is 12.3. The first-order valence-corrected chi connectivity index (χ1v) is 12.0. The summed E-state index contributed by atoms with van der Waals surface area (Å²) in [5, 5.41) is 5.54. The van der Waals surface area contributed by atoms with Gasteiger partial charge in [-0.25, -0.2) is 4.79 Å². The standard InChI is InChI=1S/C29H37N3O4/c1-9-32(25(26(33)30-19(2)3)23-16-20(4)15-21(5)17-23)27(34)24(18-22-13-11-10-12-14-22)31-28(35)36-29(6,7)8/h1,10-17,19,24-25H,18H2,2-8H3,(H,30,33)(H,31,35). The molecule has 2 N–H and O–H groups in total. The lowest BCUT2D eigenvalue weighted by molar-refractivity contribution is -0.138. The molecule has 3 amide bonds. The molecule has 0 radical (unpaired) electrons. The molecule has 2 aromatic rings. The smallest absolute Gasteiger partial charge is 0.408 e. The van der Waals surface area contributed by atoms with Crippen LogP contribution in [0.4, 0.5) is 4.79 Å². The molecule has 0 aromatic heterocycles. The summed E-state index contributed by atoms with van der Waals surface area (Å²) in [4.78, 5) is 41.0. The van der Waals surface area contributed by atoms with E-state index >= 15 is 0 Å². The number of nitrogens with one attached hydrogen (secondary N) is 2. The topological polar surface area (TPSA) is 87.7 Å². The molecule has 2 atom stereocenters. The summed E-state index contributed by atoms with van der Waals surface area (Å²) in [5.74, 6) is -0.993. The fourth-order valence-corrected chi connectivity index (χ4v) is 3.88. The van der Waals surface area contributed by atoms with Crippen molar-refractivity contribution in [3.63, 3.8) is 0 Å². The van der Waals surface area contributed by atoms with Gasteiger partial charge in [0.1, 0.15) is 17.7 Å². The maximum absolute atomic E-state index is 13.9. The van der Waals surface area contributed by atoms with Crippen LogP contribution in [0.1, 0.15) is 62.9 Å². The Labute approximate surface area is 214 Å². The van der Waals surface area contributed by atoms with E-state index in [2.05, 4.69) is 16.7 Å². The van der Waals surface area contributed by atoms with Gasteiger partial charge in [0.2, 0.25) is 5.91 Å². The number of hydrogen-bond acceptors (Lipinski definition) is 4. The molecular weight excluding hydrogens is 454 g/mol. The molecule has 0 saturated carbocycles. The molecule has 0 aliphatic carbocycles. The molecule has 2 unspecified atom stereocenters. The second-order valence-corrected chi connectivity index (χ2v) is 10.2. The summed E-state index contributed by atoms with van der Waals surface area (Å²) in [7, 11) is 0. The zero-order valence-electron chi connectivity index (χ0n) is 22.2. The number of benzene rings is 2. The monoisotopic (exact) mass is 491 g/mol. The van der Waals surface area contributed by atoms with Gasteiger partial charge < -0.3 is 15.4 Å². The first-order chi connectivity index (χ1) is 16.8. The molecule has 0 spiro atoms. The highest BCUT2D eigenvalue weighted by molar-refractivity contribution is 5.93. The summed E-state index contributed by atoms with van der Waals surface area (Å²) >= 11 is 0. The summed E-state index contributed by atoms with van der Waals surface area (Å²) in [6.45, 7) is 12.7. The summed E-state index contributed by atoms with van der Waals surface area (Å²) in [5.41, 5.74) is 2.52. The number of nitrogens with zero attached hydrogens (tertiary/aromatic N) is 1. The molecule has 0 aliphatic rings. The fraction of sp³-hybridized carbons (Fsp3) is 0.414. The Morgan fingerprint density at radius 1 is 1.00 bits per heavy atom. The maximum atomic E-state index is 13.9. The largest absolute Gasteiger partial charge is 0.444 e. The third-order valence-corrected chi connectivity index (χ3v) is 5.15. The Morgan fingerprint density at radius 2 is 1.58 bits per heavy atom. The van der Waals surface area contributed by atoms with Crippen LogP contribution in [0, 0.1) is 26.3 Å². The number of rotatable bonds is 8. The van der Waals surface area contributed by atoms with E-state index in [1.165, 1.54) is 0 Å². The number of amides is 3. The van der Waals surface area contributed by atoms with Gasteiger partial charge in [-0.05, 0) is 59.6 Å². The fourth-order valence-electron chi connectivity index (χ4n) is 3.88. The molecule has 192 valence electrons. The SMILES string of the molecule is C#CN(C(=O)C(Cc1ccccc1)NC(=O)OC(C)(C)C)C(C(=O)NC(C)C)c1cc(C)cc(C)c1. The summed E-state index contributed by atoms with van der Waals surface area (Å²) < 4.78 is 5.39. The molecule has 0 fully saturated rings. The van der Waals surface area contributed by atoms with Crippen molar-refractivity contribution in [1.29, 1.82) is 0 Å². The second-order valence-electron chi connectivity index (χ2n) is 10.2. The zero-order chi connectivity index (χ0) is 27.0. The normalized spacial score (nSPS) is 12.8. The van der Waals surface area contributed by atoms with E-state index in [4.69, 9.17) is 11.2 Å². The van der Waals surface area contributed by atoms with Crippen LogP contribution in [0.3, 0.4) is 0 Å². The van der Waals surface area contributed by atoms with E-state index in [1.54, 1.807) is 20.8 Å². The first kappa shape index (κ1) is 28.4. The van der Waals surface area contributed by atoms with Crippen LogP contribution in [0.5, 0.6) is 0 Å². The van der Waals surface area contributed by atoms with E-state index in [0.29, 0.717) is 5.56 Å². The molecular formula is C29H37N3O4. The van der Waals surface area contributed by atoms with Gasteiger partial charge >= 0.3 is 6.09 Å². The molecule has 0 saturated heterocycles. The number of ether oxygens (including phenoxy) is 1. The van der Waals surface area contributed by atoms with Crippen molar-refractivity contribution in [2.24, 2.45) is 0 Å². The number of carbonyl (C=O) groups is 3. The minimum Gasteiger partial charge on any atom is -0.444 e. The highest BCUT2D eigenvalue weighted by Gasteiger charge is 2.36. The van der Waals surface area contributed by atoms with E-state index in [9.17, 15) is 14.4 Å². The molecule has 7 nitrogen and oxygen atoms in total. The lowest BCUT2D eigenvalue weighted by Crippen LogP contribution is -2.52. The molecule has 0 bridgehead atoms. The average Bonchev–Trinajstić information content (AvgIpc) is 2.74. The minimum atomic E-state index is -1.08. The molecule has 0 heterocycles. The van der Waals surface area contributed by atoms with E-state index in [-0.39, 0.29) is 12.5 Å². The first-order valence-electron chi connectivity index (χ1n) is 12.0. The Bertz CT molecular complexity index is 1090. The number of alkyl carbamates (subject to hydrolysis) is 1. The van der Waals surface area contributed by atoms with Crippen molar-refractivity contribution < 1.29 is 19.1 Å². The van der Waals surface area contributed by atoms with Crippen LogP contribution in [0.2, 0.25) is 0 Å². The van der Waals surface area contributed by atoms with Crippen LogP contribution in [-0.2, 0) is 20.7 Å². The van der Waals surface area contributed by atoms with Crippen molar-refractivity contribution in [2.75, 3.05) is 0 Å². The quantitative estimate of drug-likeness (QED) is 0.423. The molecule has 7 heteroatoms. The van der Waals surface area contributed by atoms with Gasteiger partial charge in [0.15, 0.2) is 0 Å². The maximum Gasteiger partial charge on any atom is 0.408 e. The van der Waals surface area contributed by atoms with Crippen LogP contribution >= 0.6 is 0 Å². The predicted molar refractivity (Wildman–Crippen MR) is 141 cm³/mol.